The van der Waals surface area contributed by atoms with Crippen LogP contribution in [0.4, 0.5) is 5.82 Å². The van der Waals surface area contributed by atoms with Gasteiger partial charge in [-0.05, 0) is 38.0 Å². The number of fused-ring (bicyclic) bond motifs is 1. The van der Waals surface area contributed by atoms with E-state index in [9.17, 15) is 9.59 Å². The highest BCUT2D eigenvalue weighted by Gasteiger charge is 2.15. The lowest BCUT2D eigenvalue weighted by atomic mass is 10.0. The molecular formula is C17H21N3O3. The zero-order valence-electron chi connectivity index (χ0n) is 13.6. The van der Waals surface area contributed by atoms with E-state index in [0.717, 1.165) is 24.3 Å². The molecule has 3 rings (SSSR count). The molecule has 1 aromatic heterocycles. The predicted molar refractivity (Wildman–Crippen MR) is 89.4 cm³/mol. The number of benzene rings is 1. The van der Waals surface area contributed by atoms with Crippen LogP contribution in [0.15, 0.2) is 33.9 Å². The zero-order valence-corrected chi connectivity index (χ0v) is 13.6. The number of anilines is 1. The molecule has 0 saturated heterocycles. The number of H-pyrrole nitrogens is 1. The van der Waals surface area contributed by atoms with Crippen molar-refractivity contribution in [2.24, 2.45) is 0 Å². The van der Waals surface area contributed by atoms with Crippen LogP contribution in [0.5, 0.6) is 5.75 Å². The highest BCUT2D eigenvalue weighted by atomic mass is 16.5. The summed E-state index contributed by atoms with van der Waals surface area (Å²) in [5, 5.41) is 3.17. The van der Waals surface area contributed by atoms with E-state index in [0.29, 0.717) is 5.82 Å². The molecule has 1 aliphatic rings. The molecule has 6 nitrogen and oxygen atoms in total. The van der Waals surface area contributed by atoms with Crippen LogP contribution < -0.4 is 21.3 Å². The largest absolute Gasteiger partial charge is 0.493 e. The van der Waals surface area contributed by atoms with E-state index in [4.69, 9.17) is 4.74 Å². The van der Waals surface area contributed by atoms with E-state index in [2.05, 4.69) is 16.4 Å². The third-order valence-corrected chi connectivity index (χ3v) is 4.07. The van der Waals surface area contributed by atoms with Crippen LogP contribution in [0.2, 0.25) is 0 Å². The lowest BCUT2D eigenvalue weighted by Crippen LogP contribution is -2.36. The molecule has 1 aromatic carbocycles. The summed E-state index contributed by atoms with van der Waals surface area (Å²) in [6, 6.07) is 7.30. The maximum atomic E-state index is 12.1. The Kier molecular flexibility index (Phi) is 3.98. The smallest absolute Gasteiger partial charge is 0.330 e. The van der Waals surface area contributed by atoms with Crippen LogP contribution in [-0.2, 0) is 6.42 Å². The average Bonchev–Trinajstić information content (AvgIpc) is 2.93. The Bertz CT molecular complexity index is 804. The molecule has 0 bridgehead atoms. The number of nitrogens with one attached hydrogen (secondary N) is 2. The molecule has 0 saturated carbocycles. The third-order valence-electron chi connectivity index (χ3n) is 4.07. The predicted octanol–water partition coefficient (Wildman–Crippen LogP) is 2.23. The molecule has 0 radical (unpaired) electrons. The maximum Gasteiger partial charge on any atom is 0.330 e. The summed E-state index contributed by atoms with van der Waals surface area (Å²) in [5.41, 5.74) is 1.55. The van der Waals surface area contributed by atoms with Crippen LogP contribution >= 0.6 is 0 Å². The van der Waals surface area contributed by atoms with Gasteiger partial charge in [-0.2, -0.15) is 0 Å². The number of nitrogens with zero attached hydrogens (tertiary/aromatic N) is 1. The second-order valence-corrected chi connectivity index (χ2v) is 6.12. The Morgan fingerprint density at radius 1 is 1.22 bits per heavy atom. The SMILES string of the molecule is CC(C)n1c(=O)cc(N[C@@H](C)c2ccc3c(c2)OCC3)[nH]c1=O. The summed E-state index contributed by atoms with van der Waals surface area (Å²) in [7, 11) is 0. The van der Waals surface area contributed by atoms with Gasteiger partial charge < -0.3 is 10.1 Å². The van der Waals surface area contributed by atoms with E-state index in [1.54, 1.807) is 13.8 Å². The Morgan fingerprint density at radius 2 is 2.00 bits per heavy atom. The van der Waals surface area contributed by atoms with Crippen LogP contribution in [0.1, 0.15) is 44.0 Å². The second kappa shape index (κ2) is 5.95. The van der Waals surface area contributed by atoms with Gasteiger partial charge in [0.1, 0.15) is 11.6 Å². The van der Waals surface area contributed by atoms with Gasteiger partial charge in [0.2, 0.25) is 0 Å². The fourth-order valence-corrected chi connectivity index (χ4v) is 2.84. The molecular weight excluding hydrogens is 294 g/mol. The minimum Gasteiger partial charge on any atom is -0.493 e. The van der Waals surface area contributed by atoms with E-state index in [-0.39, 0.29) is 17.6 Å². The van der Waals surface area contributed by atoms with Crippen LogP contribution in [0.3, 0.4) is 0 Å². The molecule has 2 heterocycles. The topological polar surface area (TPSA) is 76.1 Å². The Balaban J connectivity index is 1.84. The number of hydrogen-bond donors (Lipinski definition) is 2. The first-order valence-corrected chi connectivity index (χ1v) is 7.83. The fraction of sp³-hybridized carbons (Fsp3) is 0.412. The molecule has 0 unspecified atom stereocenters. The van der Waals surface area contributed by atoms with Gasteiger partial charge in [-0.3, -0.25) is 14.3 Å². The van der Waals surface area contributed by atoms with Crippen molar-refractivity contribution in [3.8, 4) is 5.75 Å². The monoisotopic (exact) mass is 315 g/mol. The van der Waals surface area contributed by atoms with Crippen molar-refractivity contribution in [1.29, 1.82) is 0 Å². The molecule has 0 spiro atoms. The van der Waals surface area contributed by atoms with E-state index < -0.39 is 5.69 Å². The quantitative estimate of drug-likeness (QED) is 0.907. The minimum absolute atomic E-state index is 0.0607. The number of ether oxygens (including phenoxy) is 1. The van der Waals surface area contributed by atoms with E-state index in [1.165, 1.54) is 16.2 Å². The summed E-state index contributed by atoms with van der Waals surface area (Å²) >= 11 is 0. The van der Waals surface area contributed by atoms with Crippen LogP contribution in [-0.4, -0.2) is 16.2 Å². The summed E-state index contributed by atoms with van der Waals surface area (Å²) < 4.78 is 6.77. The molecule has 0 fully saturated rings. The Hall–Kier alpha value is -2.50. The molecule has 0 aliphatic carbocycles. The first-order chi connectivity index (χ1) is 11.0. The van der Waals surface area contributed by atoms with Crippen molar-refractivity contribution >= 4 is 5.82 Å². The van der Waals surface area contributed by atoms with Gasteiger partial charge >= 0.3 is 5.69 Å². The van der Waals surface area contributed by atoms with Crippen molar-refractivity contribution in [2.75, 3.05) is 11.9 Å². The summed E-state index contributed by atoms with van der Waals surface area (Å²) in [6.07, 6.45) is 0.943. The molecule has 0 amide bonds. The van der Waals surface area contributed by atoms with Gasteiger partial charge in [0.15, 0.2) is 0 Å². The second-order valence-electron chi connectivity index (χ2n) is 6.12. The molecule has 6 heteroatoms. The molecule has 2 aromatic rings. The lowest BCUT2D eigenvalue weighted by Gasteiger charge is -2.17. The molecule has 1 atom stereocenters. The Morgan fingerprint density at radius 3 is 2.70 bits per heavy atom. The van der Waals surface area contributed by atoms with Gasteiger partial charge in [-0.1, -0.05) is 12.1 Å². The van der Waals surface area contributed by atoms with Gasteiger partial charge in [-0.25, -0.2) is 4.79 Å². The number of aromatic amines is 1. The van der Waals surface area contributed by atoms with Crippen molar-refractivity contribution in [3.63, 3.8) is 0 Å². The normalized spacial score (nSPS) is 14.4. The number of rotatable bonds is 4. The average molecular weight is 315 g/mol. The number of hydrogen-bond acceptors (Lipinski definition) is 4. The Labute approximate surface area is 134 Å². The summed E-state index contributed by atoms with van der Waals surface area (Å²) in [5.74, 6) is 1.34. The van der Waals surface area contributed by atoms with E-state index in [1.807, 2.05) is 19.1 Å². The highest BCUT2D eigenvalue weighted by molar-refractivity contribution is 5.44. The highest BCUT2D eigenvalue weighted by Crippen LogP contribution is 2.29. The molecule has 2 N–H and O–H groups in total. The molecule has 23 heavy (non-hydrogen) atoms. The standard InChI is InChI=1S/C17H21N3O3/c1-10(2)20-16(21)9-15(19-17(20)22)18-11(3)13-5-4-12-6-7-23-14(12)8-13/h4-5,8-11,18H,6-7H2,1-3H3,(H,19,22)/t11-/m0/s1. The van der Waals surface area contributed by atoms with Crippen LogP contribution in [0, 0.1) is 0 Å². The maximum absolute atomic E-state index is 12.1. The third kappa shape index (κ3) is 3.02. The first-order valence-electron chi connectivity index (χ1n) is 7.83. The van der Waals surface area contributed by atoms with Crippen molar-refractivity contribution in [1.82, 2.24) is 9.55 Å². The van der Waals surface area contributed by atoms with Crippen molar-refractivity contribution in [3.05, 3.63) is 56.2 Å². The van der Waals surface area contributed by atoms with Gasteiger partial charge in [0.25, 0.3) is 5.56 Å². The molecule has 1 aliphatic heterocycles. The van der Waals surface area contributed by atoms with Gasteiger partial charge in [-0.15, -0.1) is 0 Å². The van der Waals surface area contributed by atoms with E-state index >= 15 is 0 Å². The minimum atomic E-state index is -0.403. The molecule has 122 valence electrons. The zero-order chi connectivity index (χ0) is 16.6. The van der Waals surface area contributed by atoms with Crippen molar-refractivity contribution < 1.29 is 4.74 Å². The fourth-order valence-electron chi connectivity index (χ4n) is 2.84. The van der Waals surface area contributed by atoms with Gasteiger partial charge in [0.05, 0.1) is 12.6 Å². The van der Waals surface area contributed by atoms with Gasteiger partial charge in [0, 0.05) is 18.5 Å². The summed E-state index contributed by atoms with van der Waals surface area (Å²) in [6.45, 7) is 6.30. The summed E-state index contributed by atoms with van der Waals surface area (Å²) in [4.78, 5) is 26.8. The van der Waals surface area contributed by atoms with Crippen molar-refractivity contribution in [2.45, 2.75) is 39.3 Å². The number of aromatic nitrogens is 2. The lowest BCUT2D eigenvalue weighted by molar-refractivity contribution is 0.356. The first kappa shape index (κ1) is 15.4. The van der Waals surface area contributed by atoms with Crippen LogP contribution in [0.25, 0.3) is 0 Å².